The van der Waals surface area contributed by atoms with Crippen molar-refractivity contribution in [1.29, 1.82) is 0 Å². The molecule has 296 valence electrons. The van der Waals surface area contributed by atoms with E-state index in [2.05, 4.69) is 32.9 Å². The number of esters is 1. The van der Waals surface area contributed by atoms with E-state index < -0.39 is 37.7 Å². The van der Waals surface area contributed by atoms with Crippen LogP contribution in [0.3, 0.4) is 0 Å². The molecule has 1 fully saturated rings. The fourth-order valence-corrected chi connectivity index (χ4v) is 8.18. The molecule has 14 heteroatoms. The molecular weight excluding hydrogens is 722 g/mol. The predicted octanol–water partition coefficient (Wildman–Crippen LogP) is 8.88. The van der Waals surface area contributed by atoms with E-state index in [-0.39, 0.29) is 48.8 Å². The first-order valence-electron chi connectivity index (χ1n) is 19.5. The summed E-state index contributed by atoms with van der Waals surface area (Å²) in [5.41, 5.74) is 5.68. The molecule has 0 radical (unpaired) electrons. The number of rotatable bonds is 24. The molecule has 4 aromatic rings. The molecule has 0 spiro atoms. The van der Waals surface area contributed by atoms with Gasteiger partial charge >= 0.3 is 19.8 Å². The van der Waals surface area contributed by atoms with Crippen molar-refractivity contribution >= 4 is 30.7 Å². The highest BCUT2D eigenvalue weighted by atomic mass is 31.2. The van der Waals surface area contributed by atoms with E-state index in [1.165, 1.54) is 68.7 Å². The number of para-hydroxylation sites is 1. The summed E-state index contributed by atoms with van der Waals surface area (Å²) < 4.78 is 54.3. The highest BCUT2D eigenvalue weighted by Gasteiger charge is 2.44. The van der Waals surface area contributed by atoms with Crippen LogP contribution < -0.4 is 15.3 Å². The Balaban J connectivity index is 1.22. The number of nitrogens with two attached hydrogens (primary N) is 1. The van der Waals surface area contributed by atoms with E-state index in [1.54, 1.807) is 30.3 Å². The third-order valence-corrected chi connectivity index (χ3v) is 11.3. The molecule has 1 aliphatic heterocycles. The van der Waals surface area contributed by atoms with Crippen molar-refractivity contribution in [2.24, 2.45) is 0 Å². The van der Waals surface area contributed by atoms with Gasteiger partial charge in [-0.05, 0) is 43.4 Å². The number of terminal acetylenes is 1. The second kappa shape index (κ2) is 21.1. The molecule has 12 nitrogen and oxygen atoms in total. The number of carbonyl (C=O) groups excluding carboxylic acids is 1. The van der Waals surface area contributed by atoms with Crippen LogP contribution in [0.15, 0.2) is 67.0 Å². The van der Waals surface area contributed by atoms with Crippen LogP contribution in [-0.4, -0.2) is 50.3 Å². The largest absolute Gasteiger partial charge is 0.465 e. The highest BCUT2D eigenvalue weighted by Crippen LogP contribution is 2.48. The summed E-state index contributed by atoms with van der Waals surface area (Å²) in [6.45, 7) is 2.12. The summed E-state index contributed by atoms with van der Waals surface area (Å²) in [5.74, 6) is 2.23. The van der Waals surface area contributed by atoms with E-state index in [0.29, 0.717) is 6.42 Å². The summed E-state index contributed by atoms with van der Waals surface area (Å²) in [5, 5.41) is 2.89. The number of ether oxygens (including phenoxy) is 2. The first-order valence-corrected chi connectivity index (χ1v) is 21.1. The molecule has 0 saturated carbocycles. The monoisotopic (exact) mass is 776 g/mol. The van der Waals surface area contributed by atoms with E-state index in [0.717, 1.165) is 24.8 Å². The molecule has 1 saturated heterocycles. The van der Waals surface area contributed by atoms with Gasteiger partial charge in [-0.25, -0.2) is 9.55 Å². The standard InChI is InChI=1S/C41H54FN6O6P/c1-3-5-6-7-8-9-10-11-12-13-14-21-28-51-39(49)34(29-32-22-17-15-18-23-32)47-55(50,54-33-24-19-16-20-25-33)52-30-41(4-2)27-26-35(53-41)48-31-44-36-37(43)45-40(42)46-38(36)48/h2,15-20,22-25,31,34-35H,3,5-14,21,26-30H2,1H3,(H,47,50)(H2,43,45,46)/t34-,35+,41-,55-/m0/s1. The summed E-state index contributed by atoms with van der Waals surface area (Å²) in [7, 11) is -4.33. The Labute approximate surface area is 323 Å². The van der Waals surface area contributed by atoms with Gasteiger partial charge < -0.3 is 19.7 Å². The van der Waals surface area contributed by atoms with Gasteiger partial charge in [0.05, 0.1) is 19.5 Å². The van der Waals surface area contributed by atoms with E-state index >= 15 is 0 Å². The van der Waals surface area contributed by atoms with Crippen LogP contribution in [-0.2, 0) is 29.8 Å². The topological polar surface area (TPSA) is 153 Å². The normalized spacial score (nSPS) is 18.5. The predicted molar refractivity (Wildman–Crippen MR) is 210 cm³/mol. The van der Waals surface area contributed by atoms with Gasteiger partial charge in [-0.2, -0.15) is 19.4 Å². The number of nitrogen functional groups attached to an aromatic ring is 1. The Morgan fingerprint density at radius 1 is 1.02 bits per heavy atom. The Morgan fingerprint density at radius 2 is 1.65 bits per heavy atom. The summed E-state index contributed by atoms with van der Waals surface area (Å²) in [6.07, 6.45) is 20.9. The first-order chi connectivity index (χ1) is 26.7. The second-order valence-electron chi connectivity index (χ2n) is 14.1. The van der Waals surface area contributed by atoms with Crippen molar-refractivity contribution in [3.05, 3.63) is 78.6 Å². The third-order valence-electron chi connectivity index (χ3n) is 9.71. The van der Waals surface area contributed by atoms with Crippen LogP contribution in [0.2, 0.25) is 0 Å². The number of benzene rings is 2. The fraction of sp³-hybridized carbons (Fsp3) is 0.512. The molecular formula is C41H54FN6O6P. The number of hydrogen-bond donors (Lipinski definition) is 2. The number of hydrogen-bond acceptors (Lipinski definition) is 10. The molecule has 55 heavy (non-hydrogen) atoms. The number of anilines is 1. The van der Waals surface area contributed by atoms with Gasteiger partial charge in [0.25, 0.3) is 0 Å². The lowest BCUT2D eigenvalue weighted by atomic mass is 10.0. The molecule has 3 heterocycles. The average molecular weight is 777 g/mol. The van der Waals surface area contributed by atoms with E-state index in [1.807, 2.05) is 30.3 Å². The van der Waals surface area contributed by atoms with Crippen LogP contribution in [0.4, 0.5) is 10.2 Å². The van der Waals surface area contributed by atoms with Gasteiger partial charge in [-0.15, -0.1) is 6.42 Å². The molecule has 0 amide bonds. The van der Waals surface area contributed by atoms with E-state index in [9.17, 15) is 13.8 Å². The molecule has 0 unspecified atom stereocenters. The number of fused-ring (bicyclic) bond motifs is 1. The van der Waals surface area contributed by atoms with Crippen LogP contribution in [0.25, 0.3) is 11.2 Å². The number of imidazole rings is 1. The maximum Gasteiger partial charge on any atom is 0.459 e. The number of aromatic nitrogens is 4. The molecule has 0 aliphatic carbocycles. The minimum Gasteiger partial charge on any atom is -0.465 e. The molecule has 4 atom stereocenters. The second-order valence-corrected chi connectivity index (χ2v) is 15.7. The lowest BCUT2D eigenvalue weighted by molar-refractivity contribution is -0.146. The van der Waals surface area contributed by atoms with Crippen molar-refractivity contribution in [3.8, 4) is 18.1 Å². The highest BCUT2D eigenvalue weighted by molar-refractivity contribution is 7.52. The van der Waals surface area contributed by atoms with Gasteiger partial charge in [0.15, 0.2) is 22.6 Å². The summed E-state index contributed by atoms with van der Waals surface area (Å²) in [6, 6.07) is 16.8. The Bertz CT molecular complexity index is 1880. The van der Waals surface area contributed by atoms with E-state index in [4.69, 9.17) is 30.7 Å². The summed E-state index contributed by atoms with van der Waals surface area (Å²) in [4.78, 5) is 25.3. The van der Waals surface area contributed by atoms with Gasteiger partial charge in [0.1, 0.15) is 18.0 Å². The SMILES string of the molecule is C#C[C@@]1(CO[P@@](=O)(N[C@@H](Cc2ccccc2)C(=O)OCCCCCCCCCCCCCC)Oc2ccccc2)CC[C@H](n2cnc3c(N)nc(F)nc32)O1. The lowest BCUT2D eigenvalue weighted by Crippen LogP contribution is -2.41. The third kappa shape index (κ3) is 12.6. The zero-order valence-corrected chi connectivity index (χ0v) is 32.6. The fourth-order valence-electron chi connectivity index (χ4n) is 6.64. The number of nitrogens with one attached hydrogen (secondary N) is 1. The van der Waals surface area contributed by atoms with Gasteiger partial charge in [0, 0.05) is 0 Å². The zero-order chi connectivity index (χ0) is 38.9. The maximum absolute atomic E-state index is 14.7. The Hall–Kier alpha value is -4.34. The molecule has 1 aliphatic rings. The maximum atomic E-state index is 14.7. The van der Waals surface area contributed by atoms with Crippen molar-refractivity contribution < 1.29 is 32.3 Å². The number of carbonyl (C=O) groups is 1. The first kappa shape index (κ1) is 41.8. The number of halogens is 1. The smallest absolute Gasteiger partial charge is 0.459 e. The van der Waals surface area contributed by atoms with Gasteiger partial charge in [-0.3, -0.25) is 13.9 Å². The van der Waals surface area contributed by atoms with Crippen LogP contribution >= 0.6 is 7.75 Å². The zero-order valence-electron chi connectivity index (χ0n) is 31.7. The van der Waals surface area contributed by atoms with Crippen molar-refractivity contribution in [2.75, 3.05) is 18.9 Å². The van der Waals surface area contributed by atoms with Crippen molar-refractivity contribution in [2.45, 2.75) is 121 Å². The lowest BCUT2D eigenvalue weighted by Gasteiger charge is -2.29. The van der Waals surface area contributed by atoms with Crippen LogP contribution in [0.1, 0.15) is 109 Å². The van der Waals surface area contributed by atoms with Crippen LogP contribution in [0, 0.1) is 18.4 Å². The minimum atomic E-state index is -4.33. The minimum absolute atomic E-state index is 0.103. The molecule has 2 aromatic heterocycles. The van der Waals surface area contributed by atoms with Gasteiger partial charge in [-0.1, -0.05) is 132 Å². The Kier molecular flexibility index (Phi) is 16.0. The number of nitrogens with zero attached hydrogens (tertiary/aromatic N) is 4. The van der Waals surface area contributed by atoms with Crippen molar-refractivity contribution in [3.63, 3.8) is 0 Å². The molecule has 0 bridgehead atoms. The van der Waals surface area contributed by atoms with Crippen LogP contribution in [0.5, 0.6) is 5.75 Å². The molecule has 2 aromatic carbocycles. The molecule has 5 rings (SSSR count). The quantitative estimate of drug-likeness (QED) is 0.0231. The number of unbranched alkanes of at least 4 members (excludes halogenated alkanes) is 11. The molecule has 3 N–H and O–H groups in total. The Morgan fingerprint density at radius 3 is 2.31 bits per heavy atom. The van der Waals surface area contributed by atoms with Crippen molar-refractivity contribution in [1.82, 2.24) is 24.6 Å². The summed E-state index contributed by atoms with van der Waals surface area (Å²) >= 11 is 0. The average Bonchev–Trinajstić information content (AvgIpc) is 3.81. The van der Waals surface area contributed by atoms with Gasteiger partial charge in [0.2, 0.25) is 0 Å².